The minimum absolute atomic E-state index is 0.0385. The topological polar surface area (TPSA) is 35.6 Å². The van der Waals surface area contributed by atoms with Gasteiger partial charge in [-0.3, -0.25) is 4.79 Å². The van der Waals surface area contributed by atoms with Crippen LogP contribution < -0.4 is 5.32 Å². The lowest BCUT2D eigenvalue weighted by atomic mass is 10.1. The number of likely N-dealkylation sites (N-methyl/N-ethyl adjacent to an activating group) is 1. The molecule has 1 heterocycles. The minimum Gasteiger partial charge on any atom is -0.352 e. The predicted octanol–water partition coefficient (Wildman–Crippen LogP) is 2.32. The third-order valence-corrected chi connectivity index (χ3v) is 4.23. The van der Waals surface area contributed by atoms with Gasteiger partial charge in [0.2, 0.25) is 0 Å². The lowest BCUT2D eigenvalue weighted by Crippen LogP contribution is -2.46. The number of piperazine rings is 1. The molecular weight excluding hydrogens is 319 g/mol. The zero-order chi connectivity index (χ0) is 17.7. The molecule has 4 nitrogen and oxygen atoms in total. The van der Waals surface area contributed by atoms with Gasteiger partial charge in [0.25, 0.3) is 5.91 Å². The van der Waals surface area contributed by atoms with Gasteiger partial charge in [0.1, 0.15) is 0 Å². The van der Waals surface area contributed by atoms with Crippen molar-refractivity contribution < 1.29 is 18.0 Å². The molecule has 1 aliphatic rings. The fraction of sp³-hybridized carbons (Fsp3) is 0.588. The van der Waals surface area contributed by atoms with Crippen LogP contribution in [-0.4, -0.2) is 62.0 Å². The highest BCUT2D eigenvalue weighted by Crippen LogP contribution is 2.29. The molecule has 1 atom stereocenters. The summed E-state index contributed by atoms with van der Waals surface area (Å²) in [6.07, 6.45) is -4.44. The second kappa shape index (κ2) is 7.98. The fourth-order valence-electron chi connectivity index (χ4n) is 2.74. The quantitative estimate of drug-likeness (QED) is 0.891. The third kappa shape index (κ3) is 5.49. The van der Waals surface area contributed by atoms with E-state index in [0.29, 0.717) is 6.54 Å². The lowest BCUT2D eigenvalue weighted by molar-refractivity contribution is -0.137. The summed E-state index contributed by atoms with van der Waals surface area (Å²) < 4.78 is 38.1. The van der Waals surface area contributed by atoms with Crippen LogP contribution in [0, 0.1) is 5.92 Å². The van der Waals surface area contributed by atoms with E-state index >= 15 is 0 Å². The Balaban J connectivity index is 1.82. The van der Waals surface area contributed by atoms with Crippen molar-refractivity contribution in [1.82, 2.24) is 15.1 Å². The Morgan fingerprint density at radius 2 is 1.92 bits per heavy atom. The molecule has 0 bridgehead atoms. The van der Waals surface area contributed by atoms with Crippen LogP contribution in [0.25, 0.3) is 0 Å². The van der Waals surface area contributed by atoms with Crippen LogP contribution in [-0.2, 0) is 6.18 Å². The first-order chi connectivity index (χ1) is 11.3. The van der Waals surface area contributed by atoms with E-state index in [1.54, 1.807) is 0 Å². The number of alkyl halides is 3. The molecule has 1 aromatic carbocycles. The molecule has 1 saturated heterocycles. The number of carbonyl (C=O) groups is 1. The van der Waals surface area contributed by atoms with E-state index in [2.05, 4.69) is 22.2 Å². The van der Waals surface area contributed by atoms with Crippen molar-refractivity contribution in [2.24, 2.45) is 5.92 Å². The van der Waals surface area contributed by atoms with E-state index in [0.717, 1.165) is 44.9 Å². The molecule has 1 aliphatic heterocycles. The smallest absolute Gasteiger partial charge is 0.352 e. The van der Waals surface area contributed by atoms with Gasteiger partial charge in [0, 0.05) is 44.8 Å². The van der Waals surface area contributed by atoms with E-state index in [4.69, 9.17) is 0 Å². The summed E-state index contributed by atoms with van der Waals surface area (Å²) in [5.74, 6) is -0.227. The van der Waals surface area contributed by atoms with E-state index in [1.807, 2.05) is 6.92 Å². The summed E-state index contributed by atoms with van der Waals surface area (Å²) in [7, 11) is 2.09. The van der Waals surface area contributed by atoms with Crippen LogP contribution in [0.5, 0.6) is 0 Å². The van der Waals surface area contributed by atoms with Crippen molar-refractivity contribution in [1.29, 1.82) is 0 Å². The maximum Gasteiger partial charge on any atom is 0.416 e. The Bertz CT molecular complexity index is 554. The second-order valence-electron chi connectivity index (χ2n) is 6.50. The zero-order valence-electron chi connectivity index (χ0n) is 14.1. The normalized spacial score (nSPS) is 18.4. The summed E-state index contributed by atoms with van der Waals surface area (Å²) in [4.78, 5) is 16.7. The second-order valence-corrected chi connectivity index (χ2v) is 6.50. The number of nitrogens with zero attached hydrogens (tertiary/aromatic N) is 2. The molecule has 0 radical (unpaired) electrons. The SMILES string of the molecule is C[C@H](CNC(=O)c1cccc(C(F)(F)F)c1)CN1CCN(C)CC1. The highest BCUT2D eigenvalue weighted by molar-refractivity contribution is 5.94. The Labute approximate surface area is 140 Å². The fourth-order valence-corrected chi connectivity index (χ4v) is 2.74. The van der Waals surface area contributed by atoms with Gasteiger partial charge >= 0.3 is 6.18 Å². The highest BCUT2D eigenvalue weighted by Gasteiger charge is 2.30. The third-order valence-electron chi connectivity index (χ3n) is 4.23. The molecule has 1 amide bonds. The van der Waals surface area contributed by atoms with Gasteiger partial charge in [-0.15, -0.1) is 0 Å². The zero-order valence-corrected chi connectivity index (χ0v) is 14.1. The molecule has 0 aromatic heterocycles. The number of hydrogen-bond acceptors (Lipinski definition) is 3. The number of halogens is 3. The first-order valence-corrected chi connectivity index (χ1v) is 8.12. The Morgan fingerprint density at radius 1 is 1.25 bits per heavy atom. The molecule has 0 spiro atoms. The van der Waals surface area contributed by atoms with Crippen LogP contribution in [0.1, 0.15) is 22.8 Å². The molecule has 1 fully saturated rings. The van der Waals surface area contributed by atoms with E-state index in [-0.39, 0.29) is 11.5 Å². The van der Waals surface area contributed by atoms with Crippen LogP contribution >= 0.6 is 0 Å². The molecule has 2 rings (SSSR count). The van der Waals surface area contributed by atoms with E-state index < -0.39 is 17.6 Å². The minimum atomic E-state index is -4.44. The monoisotopic (exact) mass is 343 g/mol. The summed E-state index contributed by atoms with van der Waals surface area (Å²) in [6, 6.07) is 4.51. The largest absolute Gasteiger partial charge is 0.416 e. The molecule has 24 heavy (non-hydrogen) atoms. The van der Waals surface area contributed by atoms with Crippen LogP contribution in [0.4, 0.5) is 13.2 Å². The molecular formula is C17H24F3N3O. The van der Waals surface area contributed by atoms with Gasteiger partial charge < -0.3 is 15.1 Å². The van der Waals surface area contributed by atoms with Crippen molar-refractivity contribution in [2.75, 3.05) is 46.3 Å². The summed E-state index contributed by atoms with van der Waals surface area (Å²) in [5, 5.41) is 2.73. The van der Waals surface area contributed by atoms with Crippen LogP contribution in [0.15, 0.2) is 24.3 Å². The predicted molar refractivity (Wildman–Crippen MR) is 86.9 cm³/mol. The van der Waals surface area contributed by atoms with Crippen molar-refractivity contribution >= 4 is 5.91 Å². The van der Waals surface area contributed by atoms with Crippen molar-refractivity contribution in [2.45, 2.75) is 13.1 Å². The van der Waals surface area contributed by atoms with Gasteiger partial charge in [-0.1, -0.05) is 13.0 Å². The standard InChI is InChI=1S/C17H24F3N3O/c1-13(12-23-8-6-22(2)7-9-23)11-21-16(24)14-4-3-5-15(10-14)17(18,19)20/h3-5,10,13H,6-9,11-12H2,1-2H3,(H,21,24)/t13-/m1/s1. The van der Waals surface area contributed by atoms with Crippen molar-refractivity contribution in [3.8, 4) is 0 Å². The molecule has 134 valence electrons. The van der Waals surface area contributed by atoms with Crippen LogP contribution in [0.3, 0.4) is 0 Å². The van der Waals surface area contributed by atoms with Gasteiger partial charge in [0.15, 0.2) is 0 Å². The number of nitrogens with one attached hydrogen (secondary N) is 1. The number of benzene rings is 1. The van der Waals surface area contributed by atoms with Gasteiger partial charge in [-0.25, -0.2) is 0 Å². The first-order valence-electron chi connectivity index (χ1n) is 8.12. The Morgan fingerprint density at radius 3 is 2.54 bits per heavy atom. The highest BCUT2D eigenvalue weighted by atomic mass is 19.4. The molecule has 0 saturated carbocycles. The average molecular weight is 343 g/mol. The number of amides is 1. The number of hydrogen-bond donors (Lipinski definition) is 1. The summed E-state index contributed by atoms with van der Waals surface area (Å²) >= 11 is 0. The van der Waals surface area contributed by atoms with Crippen molar-refractivity contribution in [3.05, 3.63) is 35.4 Å². The summed E-state index contributed by atoms with van der Waals surface area (Å²) in [6.45, 7) is 7.42. The molecule has 1 aromatic rings. The number of carbonyl (C=O) groups excluding carboxylic acids is 1. The lowest BCUT2D eigenvalue weighted by Gasteiger charge is -2.33. The van der Waals surface area contributed by atoms with E-state index in [1.165, 1.54) is 12.1 Å². The van der Waals surface area contributed by atoms with Crippen LogP contribution in [0.2, 0.25) is 0 Å². The Hall–Kier alpha value is -1.60. The summed E-state index contributed by atoms with van der Waals surface area (Å²) in [5.41, 5.74) is -0.766. The average Bonchev–Trinajstić information content (AvgIpc) is 2.54. The van der Waals surface area contributed by atoms with E-state index in [9.17, 15) is 18.0 Å². The number of rotatable bonds is 5. The van der Waals surface area contributed by atoms with Gasteiger partial charge in [-0.2, -0.15) is 13.2 Å². The Kier molecular flexibility index (Phi) is 6.23. The first kappa shape index (κ1) is 18.7. The van der Waals surface area contributed by atoms with Crippen molar-refractivity contribution in [3.63, 3.8) is 0 Å². The van der Waals surface area contributed by atoms with Gasteiger partial charge in [-0.05, 0) is 31.2 Å². The molecule has 7 heteroatoms. The maximum absolute atomic E-state index is 12.7. The van der Waals surface area contributed by atoms with Gasteiger partial charge in [0.05, 0.1) is 5.56 Å². The molecule has 1 N–H and O–H groups in total. The molecule has 0 aliphatic carbocycles. The molecule has 0 unspecified atom stereocenters. The maximum atomic E-state index is 12.7.